The molecule has 0 aliphatic heterocycles. The molecule has 0 heterocycles. The van der Waals surface area contributed by atoms with Crippen molar-refractivity contribution in [3.05, 3.63) is 23.8 Å². The molecule has 118 valence electrons. The predicted octanol–water partition coefficient (Wildman–Crippen LogP) is 1.75. The molecular formula is C16H28N4O. The summed E-state index contributed by atoms with van der Waals surface area (Å²) in [7, 11) is 7.64. The molecule has 0 fully saturated rings. The minimum absolute atomic E-state index is 0.0242. The maximum absolute atomic E-state index is 11.9. The summed E-state index contributed by atoms with van der Waals surface area (Å²) in [5, 5.41) is 0. The second-order valence-electron chi connectivity index (χ2n) is 5.71. The fraction of sp³-hybridized carbons (Fsp3) is 0.562. The predicted molar refractivity (Wildman–Crippen MR) is 89.9 cm³/mol. The number of nitrogens with zero attached hydrogens (tertiary/aromatic N) is 3. The molecule has 2 N–H and O–H groups in total. The molecule has 5 nitrogen and oxygen atoms in total. The molecule has 0 aliphatic rings. The normalized spacial score (nSPS) is 10.8. The Kier molecular flexibility index (Phi) is 6.49. The molecule has 1 rings (SSSR count). The van der Waals surface area contributed by atoms with Crippen LogP contribution in [0.25, 0.3) is 0 Å². The van der Waals surface area contributed by atoms with Crippen molar-refractivity contribution in [2.24, 2.45) is 0 Å². The van der Waals surface area contributed by atoms with Gasteiger partial charge in [-0.15, -0.1) is 0 Å². The Morgan fingerprint density at radius 1 is 1.14 bits per heavy atom. The topological polar surface area (TPSA) is 52.8 Å². The summed E-state index contributed by atoms with van der Waals surface area (Å²) < 4.78 is 0. The first-order valence-corrected chi connectivity index (χ1v) is 7.37. The lowest BCUT2D eigenvalue weighted by molar-refractivity contribution is 0.0827. The average molecular weight is 292 g/mol. The molecule has 0 aromatic heterocycles. The van der Waals surface area contributed by atoms with Crippen molar-refractivity contribution in [2.75, 3.05) is 58.5 Å². The smallest absolute Gasteiger partial charge is 0.253 e. The maximum Gasteiger partial charge on any atom is 0.253 e. The van der Waals surface area contributed by atoms with Crippen LogP contribution in [0.5, 0.6) is 0 Å². The molecule has 0 radical (unpaired) electrons. The van der Waals surface area contributed by atoms with Gasteiger partial charge in [0.1, 0.15) is 0 Å². The fourth-order valence-electron chi connectivity index (χ4n) is 2.26. The van der Waals surface area contributed by atoms with E-state index in [-0.39, 0.29) is 5.91 Å². The molecule has 0 aliphatic carbocycles. The van der Waals surface area contributed by atoms with Crippen LogP contribution in [0.3, 0.4) is 0 Å². The van der Waals surface area contributed by atoms with Crippen molar-refractivity contribution in [3.8, 4) is 0 Å². The summed E-state index contributed by atoms with van der Waals surface area (Å²) in [6.45, 7) is 5.03. The van der Waals surface area contributed by atoms with E-state index in [4.69, 9.17) is 5.73 Å². The number of benzene rings is 1. The van der Waals surface area contributed by atoms with Crippen LogP contribution in [0.15, 0.2) is 18.2 Å². The zero-order chi connectivity index (χ0) is 16.0. The maximum atomic E-state index is 11.9. The first-order chi connectivity index (χ1) is 9.86. The van der Waals surface area contributed by atoms with Gasteiger partial charge in [0.25, 0.3) is 5.91 Å². The van der Waals surface area contributed by atoms with Crippen molar-refractivity contribution < 1.29 is 4.79 Å². The van der Waals surface area contributed by atoms with Crippen molar-refractivity contribution in [1.29, 1.82) is 0 Å². The summed E-state index contributed by atoms with van der Waals surface area (Å²) in [6, 6.07) is 5.57. The number of nitrogen functional groups attached to an aromatic ring is 1. The Morgan fingerprint density at radius 3 is 2.29 bits per heavy atom. The molecule has 1 amide bonds. The zero-order valence-electron chi connectivity index (χ0n) is 13.9. The number of hydrogen-bond acceptors (Lipinski definition) is 4. The highest BCUT2D eigenvalue weighted by molar-refractivity contribution is 5.95. The van der Waals surface area contributed by atoms with Crippen LogP contribution in [0.1, 0.15) is 23.7 Å². The van der Waals surface area contributed by atoms with Crippen LogP contribution in [0.4, 0.5) is 11.4 Å². The van der Waals surface area contributed by atoms with Gasteiger partial charge in [-0.2, -0.15) is 0 Å². The Morgan fingerprint density at radius 2 is 1.81 bits per heavy atom. The molecule has 0 saturated carbocycles. The number of hydrogen-bond donors (Lipinski definition) is 1. The monoisotopic (exact) mass is 292 g/mol. The molecule has 1 aromatic rings. The van der Waals surface area contributed by atoms with E-state index in [1.54, 1.807) is 25.1 Å². The van der Waals surface area contributed by atoms with Crippen LogP contribution in [0.2, 0.25) is 0 Å². The van der Waals surface area contributed by atoms with Gasteiger partial charge in [-0.05, 0) is 52.2 Å². The van der Waals surface area contributed by atoms with Gasteiger partial charge in [-0.25, -0.2) is 0 Å². The van der Waals surface area contributed by atoms with E-state index in [2.05, 4.69) is 30.8 Å². The standard InChI is InChI=1S/C16H28N4O/c1-6-20(11-7-10-18(2)3)15-9-8-13(12-14(15)17)16(21)19(4)5/h8-9,12H,6-7,10-11,17H2,1-5H3. The molecule has 0 bridgehead atoms. The van der Waals surface area contributed by atoms with E-state index in [0.29, 0.717) is 11.3 Å². The summed E-state index contributed by atoms with van der Waals surface area (Å²) in [6.07, 6.45) is 1.08. The summed E-state index contributed by atoms with van der Waals surface area (Å²) in [4.78, 5) is 17.9. The van der Waals surface area contributed by atoms with Crippen molar-refractivity contribution in [1.82, 2.24) is 9.80 Å². The van der Waals surface area contributed by atoms with Gasteiger partial charge in [-0.1, -0.05) is 0 Å². The van der Waals surface area contributed by atoms with E-state index in [1.807, 2.05) is 12.1 Å². The minimum Gasteiger partial charge on any atom is -0.397 e. The van der Waals surface area contributed by atoms with Gasteiger partial charge in [0.05, 0.1) is 11.4 Å². The zero-order valence-corrected chi connectivity index (χ0v) is 13.9. The molecule has 21 heavy (non-hydrogen) atoms. The van der Waals surface area contributed by atoms with Gasteiger partial charge in [-0.3, -0.25) is 4.79 Å². The largest absolute Gasteiger partial charge is 0.397 e. The van der Waals surface area contributed by atoms with Gasteiger partial charge < -0.3 is 20.4 Å². The van der Waals surface area contributed by atoms with Crippen LogP contribution in [-0.4, -0.2) is 63.5 Å². The highest BCUT2D eigenvalue weighted by Gasteiger charge is 2.13. The van der Waals surface area contributed by atoms with Crippen LogP contribution >= 0.6 is 0 Å². The highest BCUT2D eigenvalue weighted by Crippen LogP contribution is 2.25. The molecule has 0 atom stereocenters. The molecule has 0 unspecified atom stereocenters. The van der Waals surface area contributed by atoms with Crippen LogP contribution in [0, 0.1) is 0 Å². The van der Waals surface area contributed by atoms with Crippen LogP contribution < -0.4 is 10.6 Å². The van der Waals surface area contributed by atoms with Crippen molar-refractivity contribution in [3.63, 3.8) is 0 Å². The third-order valence-corrected chi connectivity index (χ3v) is 3.44. The molecule has 0 saturated heterocycles. The highest BCUT2D eigenvalue weighted by atomic mass is 16.2. The van der Waals surface area contributed by atoms with E-state index >= 15 is 0 Å². The van der Waals surface area contributed by atoms with E-state index in [0.717, 1.165) is 31.7 Å². The van der Waals surface area contributed by atoms with E-state index in [9.17, 15) is 4.79 Å². The Labute approximate surface area is 128 Å². The van der Waals surface area contributed by atoms with E-state index in [1.165, 1.54) is 0 Å². The van der Waals surface area contributed by atoms with Gasteiger partial charge >= 0.3 is 0 Å². The quantitative estimate of drug-likeness (QED) is 0.778. The lowest BCUT2D eigenvalue weighted by Gasteiger charge is -2.25. The van der Waals surface area contributed by atoms with Crippen molar-refractivity contribution >= 4 is 17.3 Å². The summed E-state index contributed by atoms with van der Waals surface area (Å²) in [5.74, 6) is -0.0242. The molecule has 5 heteroatoms. The lowest BCUT2D eigenvalue weighted by Crippen LogP contribution is -2.28. The second-order valence-corrected chi connectivity index (χ2v) is 5.71. The SMILES string of the molecule is CCN(CCCN(C)C)c1ccc(C(=O)N(C)C)cc1N. The first-order valence-electron chi connectivity index (χ1n) is 7.37. The number of carbonyl (C=O) groups excluding carboxylic acids is 1. The van der Waals surface area contributed by atoms with Gasteiger partial charge in [0.15, 0.2) is 0 Å². The Hall–Kier alpha value is -1.75. The molecule has 1 aromatic carbocycles. The minimum atomic E-state index is -0.0242. The third kappa shape index (κ3) is 4.93. The second kappa shape index (κ2) is 7.88. The summed E-state index contributed by atoms with van der Waals surface area (Å²) in [5.41, 5.74) is 8.44. The van der Waals surface area contributed by atoms with E-state index < -0.39 is 0 Å². The number of rotatable bonds is 7. The molecular weight excluding hydrogens is 264 g/mol. The van der Waals surface area contributed by atoms with Crippen LogP contribution in [-0.2, 0) is 0 Å². The first kappa shape index (κ1) is 17.3. The van der Waals surface area contributed by atoms with Crippen molar-refractivity contribution in [2.45, 2.75) is 13.3 Å². The molecule has 0 spiro atoms. The Bertz CT molecular complexity index is 471. The number of anilines is 2. The van der Waals surface area contributed by atoms with Gasteiger partial charge in [0, 0.05) is 32.7 Å². The third-order valence-electron chi connectivity index (χ3n) is 3.44. The van der Waals surface area contributed by atoms with Gasteiger partial charge in [0.2, 0.25) is 0 Å². The number of carbonyl (C=O) groups is 1. The number of nitrogens with two attached hydrogens (primary N) is 1. The fourth-order valence-corrected chi connectivity index (χ4v) is 2.26. The summed E-state index contributed by atoms with van der Waals surface area (Å²) >= 11 is 0. The average Bonchev–Trinajstić information content (AvgIpc) is 2.43. The Balaban J connectivity index is 2.84. The number of amides is 1. The lowest BCUT2D eigenvalue weighted by atomic mass is 10.1.